The summed E-state index contributed by atoms with van der Waals surface area (Å²) in [5, 5.41) is 0. The van der Waals surface area contributed by atoms with Crippen LogP contribution >= 0.6 is 0 Å². The van der Waals surface area contributed by atoms with E-state index in [0.29, 0.717) is 0 Å². The van der Waals surface area contributed by atoms with Gasteiger partial charge in [0.1, 0.15) is 0 Å². The average molecular weight is 169 g/mol. The first-order valence-electron chi connectivity index (χ1n) is 4.62. The summed E-state index contributed by atoms with van der Waals surface area (Å²) in [6.45, 7) is 17.0. The second-order valence-corrected chi connectivity index (χ2v) is 1.44. The van der Waals surface area contributed by atoms with E-state index in [9.17, 15) is 0 Å². The molecule has 0 unspecified atom stereocenters. The minimum Gasteiger partial charge on any atom is -0.272 e. The SMILES string of the molecule is C=C/C(=C\N=C)CC.CC.CC. The van der Waals surface area contributed by atoms with Gasteiger partial charge in [0, 0.05) is 6.20 Å². The predicted molar refractivity (Wildman–Crippen MR) is 60.8 cm³/mol. The van der Waals surface area contributed by atoms with Crippen molar-refractivity contribution in [3.63, 3.8) is 0 Å². The Labute approximate surface area is 77.9 Å². The highest BCUT2D eigenvalue weighted by Crippen LogP contribution is 1.99. The lowest BCUT2D eigenvalue weighted by Gasteiger charge is -1.88. The summed E-state index contributed by atoms with van der Waals surface area (Å²) in [7, 11) is 0. The maximum Gasteiger partial charge on any atom is 0.0292 e. The fourth-order valence-electron chi connectivity index (χ4n) is 0.406. The van der Waals surface area contributed by atoms with Crippen LogP contribution in [-0.2, 0) is 0 Å². The molecule has 0 N–H and O–H groups in total. The molecule has 0 aromatic carbocycles. The Balaban J connectivity index is -0.000000175. The first-order valence-corrected chi connectivity index (χ1v) is 4.62. The molecule has 0 saturated heterocycles. The molecule has 0 fully saturated rings. The summed E-state index contributed by atoms with van der Waals surface area (Å²) < 4.78 is 0. The zero-order valence-corrected chi connectivity index (χ0v) is 9.22. The van der Waals surface area contributed by atoms with Gasteiger partial charge in [-0.25, -0.2) is 0 Å². The van der Waals surface area contributed by atoms with Crippen LogP contribution in [0.25, 0.3) is 0 Å². The molecule has 0 aliphatic carbocycles. The number of hydrogen-bond acceptors (Lipinski definition) is 1. The van der Waals surface area contributed by atoms with E-state index in [1.165, 1.54) is 0 Å². The maximum atomic E-state index is 3.59. The molecule has 0 aromatic heterocycles. The minimum absolute atomic E-state index is 0.975. The lowest BCUT2D eigenvalue weighted by atomic mass is 10.2. The molecule has 0 heterocycles. The Morgan fingerprint density at radius 1 is 1.25 bits per heavy atom. The number of aliphatic imine (C=N–C) groups is 1. The Bertz CT molecular complexity index is 112. The van der Waals surface area contributed by atoms with E-state index < -0.39 is 0 Å². The Kier molecular flexibility index (Phi) is 32.4. The predicted octanol–water partition coefficient (Wildman–Crippen LogP) is 4.22. The molecule has 0 radical (unpaired) electrons. The molecule has 72 valence electrons. The van der Waals surface area contributed by atoms with Crippen LogP contribution in [0.4, 0.5) is 0 Å². The molecule has 0 saturated carbocycles. The lowest BCUT2D eigenvalue weighted by Crippen LogP contribution is -1.68. The quantitative estimate of drug-likeness (QED) is 0.443. The van der Waals surface area contributed by atoms with Gasteiger partial charge >= 0.3 is 0 Å². The Hall–Kier alpha value is -0.850. The van der Waals surface area contributed by atoms with E-state index >= 15 is 0 Å². The highest BCUT2D eigenvalue weighted by molar-refractivity contribution is 5.28. The molecule has 0 rings (SSSR count). The number of rotatable bonds is 3. The zero-order chi connectivity index (χ0) is 10.4. The topological polar surface area (TPSA) is 12.4 Å². The van der Waals surface area contributed by atoms with Crippen molar-refractivity contribution in [2.75, 3.05) is 0 Å². The van der Waals surface area contributed by atoms with Crippen molar-refractivity contribution in [3.05, 3.63) is 24.4 Å². The Morgan fingerprint density at radius 3 is 1.75 bits per heavy atom. The van der Waals surface area contributed by atoms with Gasteiger partial charge in [0.15, 0.2) is 0 Å². The molecule has 0 aliphatic rings. The molecular weight excluding hydrogens is 146 g/mol. The lowest BCUT2D eigenvalue weighted by molar-refractivity contribution is 1.14. The minimum atomic E-state index is 0.975. The van der Waals surface area contributed by atoms with Gasteiger partial charge in [-0.1, -0.05) is 47.3 Å². The fraction of sp³-hybridized carbons (Fsp3) is 0.545. The van der Waals surface area contributed by atoms with Gasteiger partial charge in [0.2, 0.25) is 0 Å². The van der Waals surface area contributed by atoms with Gasteiger partial charge in [-0.15, -0.1) is 0 Å². The van der Waals surface area contributed by atoms with E-state index in [2.05, 4.69) is 25.2 Å². The second kappa shape index (κ2) is 22.5. The molecule has 12 heavy (non-hydrogen) atoms. The summed E-state index contributed by atoms with van der Waals surface area (Å²) in [5.74, 6) is 0. The maximum absolute atomic E-state index is 3.59. The standard InChI is InChI=1S/C7H11N.2C2H6/c1-4-7(5-2)6-8-3;2*1-2/h4,6H,1,3,5H2,2H3;2*1-2H3/b7-6+;;. The molecule has 0 bridgehead atoms. The first kappa shape index (κ1) is 17.3. The number of allylic oxidation sites excluding steroid dienone is 2. The van der Waals surface area contributed by atoms with Crippen LogP contribution in [-0.4, -0.2) is 6.72 Å². The third-order valence-corrected chi connectivity index (χ3v) is 0.928. The third kappa shape index (κ3) is 16.1. The summed E-state index contributed by atoms with van der Waals surface area (Å²) in [6.07, 6.45) is 4.48. The van der Waals surface area contributed by atoms with E-state index in [0.717, 1.165) is 12.0 Å². The smallest absolute Gasteiger partial charge is 0.0292 e. The van der Waals surface area contributed by atoms with Gasteiger partial charge in [0.05, 0.1) is 0 Å². The molecule has 0 amide bonds. The van der Waals surface area contributed by atoms with E-state index in [4.69, 9.17) is 0 Å². The van der Waals surface area contributed by atoms with Gasteiger partial charge < -0.3 is 0 Å². The first-order chi connectivity index (χ1) is 5.85. The van der Waals surface area contributed by atoms with Crippen LogP contribution in [0.15, 0.2) is 29.4 Å². The molecule has 0 spiro atoms. The van der Waals surface area contributed by atoms with Crippen LogP contribution in [0.3, 0.4) is 0 Å². The van der Waals surface area contributed by atoms with Crippen molar-refractivity contribution in [2.45, 2.75) is 41.0 Å². The average Bonchev–Trinajstić information content (AvgIpc) is 2.20. The molecular formula is C11H23N. The fourth-order valence-corrected chi connectivity index (χ4v) is 0.406. The van der Waals surface area contributed by atoms with Gasteiger partial charge in [0.25, 0.3) is 0 Å². The van der Waals surface area contributed by atoms with Crippen molar-refractivity contribution in [1.29, 1.82) is 0 Å². The van der Waals surface area contributed by atoms with E-state index in [1.54, 1.807) is 12.3 Å². The highest BCUT2D eigenvalue weighted by atomic mass is 14.6. The van der Waals surface area contributed by atoms with Crippen LogP contribution < -0.4 is 0 Å². The normalized spacial score (nSPS) is 8.25. The molecule has 0 aromatic rings. The number of hydrogen-bond donors (Lipinski definition) is 0. The van der Waals surface area contributed by atoms with Gasteiger partial charge in [-0.3, -0.25) is 4.99 Å². The van der Waals surface area contributed by atoms with E-state index in [1.807, 2.05) is 27.7 Å². The van der Waals surface area contributed by atoms with Crippen LogP contribution in [0, 0.1) is 0 Å². The van der Waals surface area contributed by atoms with Crippen LogP contribution in [0.5, 0.6) is 0 Å². The summed E-state index contributed by atoms with van der Waals surface area (Å²) in [4.78, 5) is 3.59. The van der Waals surface area contributed by atoms with Crippen LogP contribution in [0.2, 0.25) is 0 Å². The van der Waals surface area contributed by atoms with Crippen molar-refractivity contribution in [3.8, 4) is 0 Å². The molecule has 1 heteroatoms. The largest absolute Gasteiger partial charge is 0.272 e. The van der Waals surface area contributed by atoms with Crippen molar-refractivity contribution in [1.82, 2.24) is 0 Å². The summed E-state index contributed by atoms with van der Waals surface area (Å²) in [5.41, 5.74) is 1.13. The molecule has 0 aliphatic heterocycles. The molecule has 0 atom stereocenters. The van der Waals surface area contributed by atoms with Gasteiger partial charge in [-0.2, -0.15) is 0 Å². The molecule has 1 nitrogen and oxygen atoms in total. The second-order valence-electron chi connectivity index (χ2n) is 1.44. The van der Waals surface area contributed by atoms with E-state index in [-0.39, 0.29) is 0 Å². The van der Waals surface area contributed by atoms with Gasteiger partial charge in [-0.05, 0) is 18.7 Å². The summed E-state index contributed by atoms with van der Waals surface area (Å²) >= 11 is 0. The third-order valence-electron chi connectivity index (χ3n) is 0.928. The van der Waals surface area contributed by atoms with Crippen molar-refractivity contribution < 1.29 is 0 Å². The zero-order valence-electron chi connectivity index (χ0n) is 9.22. The van der Waals surface area contributed by atoms with Crippen LogP contribution in [0.1, 0.15) is 41.0 Å². The summed E-state index contributed by atoms with van der Waals surface area (Å²) in [6, 6.07) is 0. The van der Waals surface area contributed by atoms with Crippen molar-refractivity contribution >= 4 is 6.72 Å². The Morgan fingerprint density at radius 2 is 1.67 bits per heavy atom. The number of nitrogens with zero attached hydrogens (tertiary/aromatic N) is 1. The van der Waals surface area contributed by atoms with Crippen molar-refractivity contribution in [2.24, 2.45) is 4.99 Å². The highest BCUT2D eigenvalue weighted by Gasteiger charge is 1.80. The monoisotopic (exact) mass is 169 g/mol.